The van der Waals surface area contributed by atoms with E-state index in [4.69, 9.17) is 9.15 Å². The van der Waals surface area contributed by atoms with Gasteiger partial charge >= 0.3 is 0 Å². The normalized spacial score (nSPS) is 21.0. The molecule has 2 atom stereocenters. The van der Waals surface area contributed by atoms with E-state index in [0.717, 1.165) is 64.2 Å². The van der Waals surface area contributed by atoms with Crippen molar-refractivity contribution in [1.29, 1.82) is 0 Å². The third-order valence-electron chi connectivity index (χ3n) is 5.90. The number of likely N-dealkylation sites (tertiary alicyclic amines) is 1. The van der Waals surface area contributed by atoms with Gasteiger partial charge in [0.25, 0.3) is 0 Å². The first-order chi connectivity index (χ1) is 13.7. The van der Waals surface area contributed by atoms with Crippen LogP contribution in [-0.4, -0.2) is 81.3 Å². The molecule has 0 bridgehead atoms. The van der Waals surface area contributed by atoms with E-state index in [1.807, 2.05) is 13.1 Å². The van der Waals surface area contributed by atoms with E-state index in [2.05, 4.69) is 45.3 Å². The number of aliphatic imine (C=N–C) groups is 1. The third-order valence-corrected chi connectivity index (χ3v) is 5.90. The highest BCUT2D eigenvalue weighted by Gasteiger charge is 2.26. The highest BCUT2D eigenvalue weighted by Crippen LogP contribution is 2.24. The molecular weight excluding hydrogens is 481 g/mol. The number of morpholine rings is 1. The Morgan fingerprint density at radius 3 is 2.34 bits per heavy atom. The Hall–Kier alpha value is -0.840. The van der Waals surface area contributed by atoms with E-state index < -0.39 is 0 Å². The Morgan fingerprint density at radius 2 is 1.76 bits per heavy atom. The van der Waals surface area contributed by atoms with E-state index in [1.165, 1.54) is 12.8 Å². The highest BCUT2D eigenvalue weighted by molar-refractivity contribution is 14.0. The first-order valence-corrected chi connectivity index (χ1v) is 10.7. The summed E-state index contributed by atoms with van der Waals surface area (Å²) in [5.74, 6) is 2.46. The molecule has 2 fully saturated rings. The molecule has 7 nitrogen and oxygen atoms in total. The molecule has 8 heteroatoms. The van der Waals surface area contributed by atoms with Gasteiger partial charge in [-0.2, -0.15) is 0 Å². The zero-order valence-corrected chi connectivity index (χ0v) is 20.4. The van der Waals surface area contributed by atoms with Gasteiger partial charge in [0.15, 0.2) is 5.96 Å². The van der Waals surface area contributed by atoms with Crippen LogP contribution in [0.15, 0.2) is 27.8 Å². The van der Waals surface area contributed by atoms with Crippen LogP contribution in [0.5, 0.6) is 0 Å². The van der Waals surface area contributed by atoms with Gasteiger partial charge in [0.05, 0.1) is 25.5 Å². The lowest BCUT2D eigenvalue weighted by molar-refractivity contribution is 0.00751. The van der Waals surface area contributed by atoms with Gasteiger partial charge in [0.1, 0.15) is 5.76 Å². The molecule has 2 aliphatic heterocycles. The molecule has 3 heterocycles. The second kappa shape index (κ2) is 12.8. The van der Waals surface area contributed by atoms with Crippen LogP contribution < -0.4 is 10.6 Å². The molecule has 1 aromatic heterocycles. The number of guanidine groups is 1. The maximum atomic E-state index is 5.72. The van der Waals surface area contributed by atoms with Gasteiger partial charge in [0.2, 0.25) is 0 Å². The largest absolute Gasteiger partial charge is 0.468 e. The smallest absolute Gasteiger partial charge is 0.191 e. The second-order valence-corrected chi connectivity index (χ2v) is 8.07. The number of hydrogen-bond acceptors (Lipinski definition) is 5. The van der Waals surface area contributed by atoms with E-state index in [-0.39, 0.29) is 30.0 Å². The number of hydrogen-bond donors (Lipinski definition) is 2. The molecule has 166 valence electrons. The number of nitrogens with one attached hydrogen (secondary N) is 2. The fourth-order valence-electron chi connectivity index (χ4n) is 4.25. The van der Waals surface area contributed by atoms with Gasteiger partial charge in [-0.15, -0.1) is 24.0 Å². The fourth-order valence-corrected chi connectivity index (χ4v) is 4.25. The Kier molecular flexibility index (Phi) is 10.8. The number of ether oxygens (including phenoxy) is 1. The molecular formula is C21H38IN5O2. The monoisotopic (exact) mass is 519 g/mol. The van der Waals surface area contributed by atoms with E-state index >= 15 is 0 Å². The van der Waals surface area contributed by atoms with Crippen LogP contribution in [0.1, 0.15) is 38.5 Å². The van der Waals surface area contributed by atoms with Crippen molar-refractivity contribution in [3.63, 3.8) is 0 Å². The molecule has 29 heavy (non-hydrogen) atoms. The maximum Gasteiger partial charge on any atom is 0.191 e. The average Bonchev–Trinajstić information content (AvgIpc) is 3.42. The van der Waals surface area contributed by atoms with Gasteiger partial charge in [-0.25, -0.2) is 0 Å². The first-order valence-electron chi connectivity index (χ1n) is 10.7. The molecule has 3 rings (SSSR count). The highest BCUT2D eigenvalue weighted by atomic mass is 127. The minimum Gasteiger partial charge on any atom is -0.468 e. The number of furan rings is 1. The van der Waals surface area contributed by atoms with E-state index in [0.29, 0.717) is 12.0 Å². The molecule has 0 amide bonds. The maximum absolute atomic E-state index is 5.72. The lowest BCUT2D eigenvalue weighted by atomic mass is 10.0. The molecule has 2 aliphatic rings. The van der Waals surface area contributed by atoms with Crippen molar-refractivity contribution in [3.8, 4) is 0 Å². The summed E-state index contributed by atoms with van der Waals surface area (Å²) in [6, 6.07) is 4.77. The molecule has 2 N–H and O–H groups in total. The molecule has 0 spiro atoms. The SMILES string of the molecule is CN=C(NCC(c1ccco1)N1CCCC1)NCC(C(C)C)N1CCOCC1.I. The van der Waals surface area contributed by atoms with Crippen molar-refractivity contribution in [2.75, 3.05) is 59.5 Å². The summed E-state index contributed by atoms with van der Waals surface area (Å²) in [5, 5.41) is 7.07. The summed E-state index contributed by atoms with van der Waals surface area (Å²) in [6.07, 6.45) is 4.29. The predicted molar refractivity (Wildman–Crippen MR) is 128 cm³/mol. The zero-order chi connectivity index (χ0) is 19.8. The summed E-state index contributed by atoms with van der Waals surface area (Å²) in [5.41, 5.74) is 0. The van der Waals surface area contributed by atoms with Crippen LogP contribution in [0.4, 0.5) is 0 Å². The third kappa shape index (κ3) is 7.11. The Balaban J connectivity index is 0.00000300. The van der Waals surface area contributed by atoms with Gasteiger partial charge in [-0.1, -0.05) is 13.8 Å². The molecule has 0 aliphatic carbocycles. The van der Waals surface area contributed by atoms with Gasteiger partial charge < -0.3 is 19.8 Å². The Bertz CT molecular complexity index is 584. The fraction of sp³-hybridized carbons (Fsp3) is 0.762. The topological polar surface area (TPSA) is 65.3 Å². The molecule has 2 unspecified atom stereocenters. The predicted octanol–water partition coefficient (Wildman–Crippen LogP) is 2.56. The molecule has 1 aromatic rings. The van der Waals surface area contributed by atoms with Crippen molar-refractivity contribution in [2.45, 2.75) is 38.8 Å². The molecule has 0 aromatic carbocycles. The van der Waals surface area contributed by atoms with Crippen LogP contribution in [0.25, 0.3) is 0 Å². The van der Waals surface area contributed by atoms with Crippen molar-refractivity contribution in [1.82, 2.24) is 20.4 Å². The molecule has 0 radical (unpaired) electrons. The van der Waals surface area contributed by atoms with Crippen LogP contribution in [0.2, 0.25) is 0 Å². The van der Waals surface area contributed by atoms with Crippen molar-refractivity contribution in [2.24, 2.45) is 10.9 Å². The van der Waals surface area contributed by atoms with Crippen LogP contribution in [0.3, 0.4) is 0 Å². The summed E-state index contributed by atoms with van der Waals surface area (Å²) < 4.78 is 11.2. The minimum absolute atomic E-state index is 0. The van der Waals surface area contributed by atoms with Gasteiger partial charge in [0, 0.05) is 39.3 Å². The zero-order valence-electron chi connectivity index (χ0n) is 18.1. The number of rotatable bonds is 8. The summed E-state index contributed by atoms with van der Waals surface area (Å²) in [6.45, 7) is 12.2. The van der Waals surface area contributed by atoms with Gasteiger partial charge in [-0.05, 0) is 44.0 Å². The van der Waals surface area contributed by atoms with E-state index in [9.17, 15) is 0 Å². The second-order valence-electron chi connectivity index (χ2n) is 8.07. The van der Waals surface area contributed by atoms with E-state index in [1.54, 1.807) is 6.26 Å². The first kappa shape index (κ1) is 24.4. The lowest BCUT2D eigenvalue weighted by Crippen LogP contribution is -2.53. The Labute approximate surface area is 192 Å². The Morgan fingerprint density at radius 1 is 1.07 bits per heavy atom. The molecule has 2 saturated heterocycles. The van der Waals surface area contributed by atoms with Crippen LogP contribution in [0, 0.1) is 5.92 Å². The summed E-state index contributed by atoms with van der Waals surface area (Å²) in [4.78, 5) is 9.48. The summed E-state index contributed by atoms with van der Waals surface area (Å²) in [7, 11) is 1.84. The number of halogens is 1. The number of nitrogens with zero attached hydrogens (tertiary/aromatic N) is 3. The minimum atomic E-state index is 0. The average molecular weight is 519 g/mol. The quantitative estimate of drug-likeness (QED) is 0.313. The van der Waals surface area contributed by atoms with Crippen molar-refractivity contribution < 1.29 is 9.15 Å². The standard InChI is InChI=1S/C21H37N5O2.HI/c1-17(2)18(26-10-13-27-14-11-26)15-23-21(22-3)24-16-19(20-7-6-12-28-20)25-8-4-5-9-25;/h6-7,12,17-19H,4-5,8-11,13-16H2,1-3H3,(H2,22,23,24);1H. The van der Waals surface area contributed by atoms with Crippen LogP contribution in [-0.2, 0) is 4.74 Å². The van der Waals surface area contributed by atoms with Gasteiger partial charge in [-0.3, -0.25) is 14.8 Å². The van der Waals surface area contributed by atoms with Crippen molar-refractivity contribution >= 4 is 29.9 Å². The lowest BCUT2D eigenvalue weighted by Gasteiger charge is -2.37. The van der Waals surface area contributed by atoms with Crippen LogP contribution >= 0.6 is 24.0 Å². The van der Waals surface area contributed by atoms with Crippen molar-refractivity contribution in [3.05, 3.63) is 24.2 Å². The summed E-state index contributed by atoms with van der Waals surface area (Å²) >= 11 is 0. The molecule has 0 saturated carbocycles.